The minimum Gasteiger partial charge on any atom is -0.481 e. The van der Waals surface area contributed by atoms with E-state index in [2.05, 4.69) is 5.32 Å². The SMILES string of the molecule is CC(C(=O)O)C(F)C(=O)C(NC(=O)CCCCCN1C(=O)C=CC1=O)C(F)c1ccccc1. The number of rotatable bonds is 13. The molecule has 1 aliphatic heterocycles. The molecule has 0 fully saturated rings. The zero-order valence-corrected chi connectivity index (χ0v) is 18.1. The molecule has 0 bridgehead atoms. The number of hydrogen-bond acceptors (Lipinski definition) is 5. The number of nitrogens with zero attached hydrogens (tertiary/aromatic N) is 1. The van der Waals surface area contributed by atoms with Crippen molar-refractivity contribution in [1.82, 2.24) is 10.2 Å². The number of carboxylic acids is 1. The smallest absolute Gasteiger partial charge is 0.309 e. The zero-order chi connectivity index (χ0) is 24.5. The second kappa shape index (κ2) is 12.0. The number of nitrogens with one attached hydrogen (secondary N) is 1. The van der Waals surface area contributed by atoms with Crippen molar-refractivity contribution < 1.29 is 37.9 Å². The van der Waals surface area contributed by atoms with E-state index in [0.717, 1.165) is 11.8 Å². The van der Waals surface area contributed by atoms with Gasteiger partial charge in [0.05, 0.1) is 5.92 Å². The van der Waals surface area contributed by atoms with Gasteiger partial charge in [-0.15, -0.1) is 0 Å². The van der Waals surface area contributed by atoms with Crippen LogP contribution in [-0.4, -0.2) is 58.2 Å². The summed E-state index contributed by atoms with van der Waals surface area (Å²) in [5.41, 5.74) is 0.0416. The third-order valence-corrected chi connectivity index (χ3v) is 5.32. The number of carbonyl (C=O) groups is 5. The Hall–Kier alpha value is -3.43. The summed E-state index contributed by atoms with van der Waals surface area (Å²) in [6.45, 7) is 1.19. The minimum atomic E-state index is -2.50. The molecule has 4 unspecified atom stereocenters. The van der Waals surface area contributed by atoms with Gasteiger partial charge in [-0.25, -0.2) is 8.78 Å². The van der Waals surface area contributed by atoms with Gasteiger partial charge in [-0.2, -0.15) is 0 Å². The Balaban J connectivity index is 1.95. The van der Waals surface area contributed by atoms with E-state index in [4.69, 9.17) is 5.11 Å². The minimum absolute atomic E-state index is 0.0416. The maximum Gasteiger partial charge on any atom is 0.309 e. The number of carboxylic acid groups (broad SMARTS) is 1. The monoisotopic (exact) mass is 464 g/mol. The van der Waals surface area contributed by atoms with Crippen LogP contribution in [0.15, 0.2) is 42.5 Å². The van der Waals surface area contributed by atoms with Crippen molar-refractivity contribution in [2.24, 2.45) is 5.92 Å². The number of benzene rings is 1. The molecule has 8 nitrogen and oxygen atoms in total. The van der Waals surface area contributed by atoms with E-state index in [9.17, 15) is 28.4 Å². The number of halogens is 2. The second-order valence-electron chi connectivity index (χ2n) is 7.76. The van der Waals surface area contributed by atoms with Crippen LogP contribution in [0.25, 0.3) is 0 Å². The molecule has 0 saturated carbocycles. The van der Waals surface area contributed by atoms with Crippen molar-refractivity contribution in [3.8, 4) is 0 Å². The standard InChI is InChI=1S/C23H26F2N2O6/c1-14(23(32)33)19(24)22(31)21(20(25)15-8-4-2-5-9-15)26-16(28)10-6-3-7-13-27-17(29)11-12-18(27)30/h2,4-5,8-9,11-12,14,19-21H,3,6-7,10,13H2,1H3,(H,26,28)(H,32,33). The molecule has 3 amide bonds. The van der Waals surface area contributed by atoms with E-state index in [1.807, 2.05) is 0 Å². The highest BCUT2D eigenvalue weighted by molar-refractivity contribution is 6.12. The number of aliphatic carboxylic acids is 1. The van der Waals surface area contributed by atoms with Crippen LogP contribution in [0.5, 0.6) is 0 Å². The molecular formula is C23H26F2N2O6. The average Bonchev–Trinajstić information content (AvgIpc) is 3.13. The van der Waals surface area contributed by atoms with Crippen LogP contribution in [0.4, 0.5) is 8.78 Å². The number of imide groups is 1. The number of carbonyl (C=O) groups excluding carboxylic acids is 4. The van der Waals surface area contributed by atoms with Crippen LogP contribution < -0.4 is 5.32 Å². The molecule has 0 saturated heterocycles. The number of hydrogen-bond donors (Lipinski definition) is 2. The Bertz CT molecular complexity index is 903. The summed E-state index contributed by atoms with van der Waals surface area (Å²) in [7, 11) is 0. The number of amides is 3. The van der Waals surface area contributed by atoms with Gasteiger partial charge < -0.3 is 10.4 Å². The molecule has 178 valence electrons. The lowest BCUT2D eigenvalue weighted by atomic mass is 9.92. The van der Waals surface area contributed by atoms with Gasteiger partial charge in [-0.05, 0) is 25.3 Å². The van der Waals surface area contributed by atoms with Crippen LogP contribution in [0, 0.1) is 5.92 Å². The molecule has 1 aromatic rings. The number of unbranched alkanes of at least 4 members (excludes halogenated alkanes) is 2. The first kappa shape index (κ1) is 25.8. The highest BCUT2D eigenvalue weighted by Gasteiger charge is 2.40. The molecule has 33 heavy (non-hydrogen) atoms. The first-order valence-corrected chi connectivity index (χ1v) is 10.6. The quantitative estimate of drug-likeness (QED) is 0.341. The molecule has 2 N–H and O–H groups in total. The van der Waals surface area contributed by atoms with E-state index < -0.39 is 53.8 Å². The van der Waals surface area contributed by atoms with E-state index in [1.165, 1.54) is 36.4 Å². The normalized spacial score (nSPS) is 16.9. The Morgan fingerprint density at radius 1 is 1.00 bits per heavy atom. The van der Waals surface area contributed by atoms with Gasteiger partial charge in [0.2, 0.25) is 5.91 Å². The molecule has 0 spiro atoms. The molecule has 10 heteroatoms. The van der Waals surface area contributed by atoms with Crippen LogP contribution in [-0.2, 0) is 24.0 Å². The van der Waals surface area contributed by atoms with Crippen molar-refractivity contribution in [1.29, 1.82) is 0 Å². The third kappa shape index (κ3) is 7.03. The first-order valence-electron chi connectivity index (χ1n) is 10.6. The van der Waals surface area contributed by atoms with E-state index in [1.54, 1.807) is 6.07 Å². The molecule has 1 heterocycles. The zero-order valence-electron chi connectivity index (χ0n) is 18.1. The van der Waals surface area contributed by atoms with E-state index in [0.29, 0.717) is 19.3 Å². The largest absolute Gasteiger partial charge is 0.481 e. The molecular weight excluding hydrogens is 438 g/mol. The summed E-state index contributed by atoms with van der Waals surface area (Å²) < 4.78 is 29.6. The predicted octanol–water partition coefficient (Wildman–Crippen LogP) is 2.30. The highest BCUT2D eigenvalue weighted by Crippen LogP contribution is 2.25. The van der Waals surface area contributed by atoms with Crippen LogP contribution in [0.2, 0.25) is 0 Å². The van der Waals surface area contributed by atoms with Gasteiger partial charge in [0, 0.05) is 25.1 Å². The Morgan fingerprint density at radius 3 is 2.18 bits per heavy atom. The molecule has 4 atom stereocenters. The van der Waals surface area contributed by atoms with Crippen molar-refractivity contribution in [2.45, 2.75) is 51.0 Å². The lowest BCUT2D eigenvalue weighted by Gasteiger charge is -2.24. The van der Waals surface area contributed by atoms with E-state index in [-0.39, 0.29) is 18.5 Å². The van der Waals surface area contributed by atoms with Gasteiger partial charge in [-0.3, -0.25) is 28.9 Å². The Labute approximate surface area is 189 Å². The van der Waals surface area contributed by atoms with Crippen molar-refractivity contribution in [2.75, 3.05) is 6.54 Å². The van der Waals surface area contributed by atoms with Gasteiger partial charge in [-0.1, -0.05) is 36.8 Å². The highest BCUT2D eigenvalue weighted by atomic mass is 19.1. The third-order valence-electron chi connectivity index (χ3n) is 5.32. The Kier molecular flexibility index (Phi) is 9.38. The fourth-order valence-electron chi connectivity index (χ4n) is 3.29. The summed E-state index contributed by atoms with van der Waals surface area (Å²) in [6.07, 6.45) is -1.07. The van der Waals surface area contributed by atoms with Crippen molar-refractivity contribution >= 4 is 29.5 Å². The average molecular weight is 464 g/mol. The van der Waals surface area contributed by atoms with Gasteiger partial charge >= 0.3 is 5.97 Å². The second-order valence-corrected chi connectivity index (χ2v) is 7.76. The maximum atomic E-state index is 15.1. The maximum absolute atomic E-state index is 15.1. The summed E-state index contributed by atoms with van der Waals surface area (Å²) in [5.74, 6) is -6.10. The molecule has 0 aromatic heterocycles. The summed E-state index contributed by atoms with van der Waals surface area (Å²) in [6, 6.07) is 5.52. The first-order chi connectivity index (χ1) is 15.6. The summed E-state index contributed by atoms with van der Waals surface area (Å²) in [4.78, 5) is 60.0. The van der Waals surface area contributed by atoms with Crippen molar-refractivity contribution in [3.63, 3.8) is 0 Å². The van der Waals surface area contributed by atoms with Gasteiger partial charge in [0.25, 0.3) is 11.8 Å². The summed E-state index contributed by atoms with van der Waals surface area (Å²) >= 11 is 0. The number of Topliss-reactive ketones (excluding diaryl/α,β-unsaturated/α-hetero) is 1. The van der Waals surface area contributed by atoms with Crippen LogP contribution in [0.3, 0.4) is 0 Å². The van der Waals surface area contributed by atoms with Crippen LogP contribution >= 0.6 is 0 Å². The molecule has 1 aliphatic rings. The Morgan fingerprint density at radius 2 is 1.61 bits per heavy atom. The topological polar surface area (TPSA) is 121 Å². The molecule has 1 aromatic carbocycles. The molecule has 0 radical (unpaired) electrons. The lowest BCUT2D eigenvalue weighted by Crippen LogP contribution is -2.49. The number of alkyl halides is 2. The van der Waals surface area contributed by atoms with E-state index >= 15 is 4.39 Å². The lowest BCUT2D eigenvalue weighted by molar-refractivity contribution is -0.147. The van der Waals surface area contributed by atoms with Crippen molar-refractivity contribution in [3.05, 3.63) is 48.0 Å². The van der Waals surface area contributed by atoms with Gasteiger partial charge in [0.15, 0.2) is 18.1 Å². The fourth-order valence-corrected chi connectivity index (χ4v) is 3.29. The number of ketones is 1. The van der Waals surface area contributed by atoms with Crippen LogP contribution in [0.1, 0.15) is 44.3 Å². The fraction of sp³-hybridized carbons (Fsp3) is 0.435. The molecule has 0 aliphatic carbocycles. The van der Waals surface area contributed by atoms with Gasteiger partial charge in [0.1, 0.15) is 6.04 Å². The summed E-state index contributed by atoms with van der Waals surface area (Å²) in [5, 5.41) is 11.2. The molecule has 2 rings (SSSR count). The predicted molar refractivity (Wildman–Crippen MR) is 113 cm³/mol.